The summed E-state index contributed by atoms with van der Waals surface area (Å²) in [6.07, 6.45) is 1.91. The highest BCUT2D eigenvalue weighted by molar-refractivity contribution is 6.10. The van der Waals surface area contributed by atoms with Crippen molar-refractivity contribution in [3.63, 3.8) is 0 Å². The topological polar surface area (TPSA) is 38.5 Å². The second kappa shape index (κ2) is 6.41. The lowest BCUT2D eigenvalue weighted by Gasteiger charge is -2.13. The first-order chi connectivity index (χ1) is 11.5. The average molecular weight is 317 g/mol. The molecular formula is C21H19NO2. The van der Waals surface area contributed by atoms with Crippen LogP contribution < -0.4 is 0 Å². The van der Waals surface area contributed by atoms with Gasteiger partial charge in [-0.25, -0.2) is 4.85 Å². The number of rotatable bonds is 6. The molecule has 3 nitrogen and oxygen atoms in total. The van der Waals surface area contributed by atoms with Crippen LogP contribution in [0, 0.1) is 18.9 Å². The van der Waals surface area contributed by atoms with Crippen molar-refractivity contribution in [3.05, 3.63) is 76.6 Å². The molecule has 1 aliphatic carbocycles. The van der Waals surface area contributed by atoms with Crippen molar-refractivity contribution in [3.8, 4) is 0 Å². The molecule has 1 aliphatic rings. The van der Waals surface area contributed by atoms with Gasteiger partial charge in [0, 0.05) is 12.8 Å². The summed E-state index contributed by atoms with van der Waals surface area (Å²) in [5.41, 5.74) is 2.77. The van der Waals surface area contributed by atoms with Gasteiger partial charge in [0.25, 0.3) is 0 Å². The Morgan fingerprint density at radius 3 is 1.79 bits per heavy atom. The van der Waals surface area contributed by atoms with Gasteiger partial charge in [0.15, 0.2) is 17.3 Å². The molecule has 0 N–H and O–H groups in total. The van der Waals surface area contributed by atoms with Crippen molar-refractivity contribution in [1.82, 2.24) is 0 Å². The number of carbonyl (C=O) groups is 2. The largest absolute Gasteiger partial charge is 0.298 e. The molecule has 0 radical (unpaired) electrons. The summed E-state index contributed by atoms with van der Waals surface area (Å²) in [6, 6.07) is 14.9. The highest BCUT2D eigenvalue weighted by Gasteiger charge is 2.54. The van der Waals surface area contributed by atoms with E-state index in [-0.39, 0.29) is 18.0 Å². The van der Waals surface area contributed by atoms with Crippen LogP contribution in [0.5, 0.6) is 0 Å². The molecule has 1 fully saturated rings. The molecule has 24 heavy (non-hydrogen) atoms. The van der Waals surface area contributed by atoms with E-state index in [1.807, 2.05) is 31.2 Å². The summed E-state index contributed by atoms with van der Waals surface area (Å²) in [4.78, 5) is 28.7. The minimum atomic E-state index is -0.774. The van der Waals surface area contributed by atoms with Gasteiger partial charge in [-0.15, -0.1) is 0 Å². The Labute approximate surface area is 142 Å². The molecule has 0 aliphatic heterocycles. The molecule has 3 heteroatoms. The van der Waals surface area contributed by atoms with Gasteiger partial charge in [0.05, 0.1) is 12.0 Å². The van der Waals surface area contributed by atoms with Crippen LogP contribution in [0.1, 0.15) is 29.5 Å². The first kappa shape index (κ1) is 16.1. The molecule has 0 bridgehead atoms. The van der Waals surface area contributed by atoms with E-state index in [2.05, 4.69) is 4.85 Å². The molecule has 0 heterocycles. The Kier molecular flexibility index (Phi) is 4.31. The van der Waals surface area contributed by atoms with E-state index >= 15 is 0 Å². The van der Waals surface area contributed by atoms with Crippen LogP contribution in [0.2, 0.25) is 0 Å². The summed E-state index contributed by atoms with van der Waals surface area (Å²) in [5, 5.41) is 0. The van der Waals surface area contributed by atoms with Crippen molar-refractivity contribution in [2.45, 2.75) is 32.6 Å². The fourth-order valence-electron chi connectivity index (χ4n) is 2.94. The van der Waals surface area contributed by atoms with Crippen LogP contribution in [0.25, 0.3) is 4.85 Å². The Morgan fingerprint density at radius 1 is 0.917 bits per heavy atom. The van der Waals surface area contributed by atoms with Crippen LogP contribution in [0.3, 0.4) is 0 Å². The highest BCUT2D eigenvalue weighted by Crippen LogP contribution is 2.48. The van der Waals surface area contributed by atoms with Crippen LogP contribution in [0.15, 0.2) is 48.5 Å². The minimum Gasteiger partial charge on any atom is -0.298 e. The van der Waals surface area contributed by atoms with E-state index in [9.17, 15) is 9.59 Å². The third-order valence-corrected chi connectivity index (χ3v) is 4.73. The van der Waals surface area contributed by atoms with E-state index in [4.69, 9.17) is 6.57 Å². The maximum Gasteiger partial charge on any atom is 0.187 e. The van der Waals surface area contributed by atoms with Crippen LogP contribution in [0.4, 0.5) is 5.69 Å². The molecule has 0 amide bonds. The van der Waals surface area contributed by atoms with Crippen molar-refractivity contribution in [2.24, 2.45) is 5.41 Å². The van der Waals surface area contributed by atoms with E-state index in [1.54, 1.807) is 24.3 Å². The Balaban J connectivity index is 1.68. The minimum absolute atomic E-state index is 0.00942. The van der Waals surface area contributed by atoms with Gasteiger partial charge in [-0.2, -0.15) is 0 Å². The number of Topliss-reactive ketones (excluding diaryl/α,β-unsaturated/α-hetero) is 2. The van der Waals surface area contributed by atoms with Gasteiger partial charge in [0.2, 0.25) is 0 Å². The Hall–Kier alpha value is -2.73. The van der Waals surface area contributed by atoms with Crippen molar-refractivity contribution in [1.29, 1.82) is 0 Å². The van der Waals surface area contributed by atoms with E-state index < -0.39 is 5.41 Å². The standard InChI is InChI=1S/C21H19NO2/c1-15-3-5-16(6-4-15)13-19(23)21(11-12-21)20(24)14-17-7-9-18(22-2)10-8-17/h3-10H,11-14H2,1H3. The zero-order valence-electron chi connectivity index (χ0n) is 13.7. The smallest absolute Gasteiger partial charge is 0.187 e. The molecule has 0 saturated heterocycles. The van der Waals surface area contributed by atoms with E-state index in [0.29, 0.717) is 24.9 Å². The number of aryl methyl sites for hydroxylation is 1. The lowest BCUT2D eigenvalue weighted by molar-refractivity contribution is -0.133. The SMILES string of the molecule is [C-]#[N+]c1ccc(CC(=O)C2(C(=O)Cc3ccc(C)cc3)CC2)cc1. The lowest BCUT2D eigenvalue weighted by atomic mass is 9.88. The molecule has 2 aromatic carbocycles. The molecule has 0 spiro atoms. The first-order valence-electron chi connectivity index (χ1n) is 8.12. The molecule has 0 atom stereocenters. The number of hydrogen-bond donors (Lipinski definition) is 0. The monoisotopic (exact) mass is 317 g/mol. The molecular weight excluding hydrogens is 298 g/mol. The lowest BCUT2D eigenvalue weighted by Crippen LogP contribution is -2.28. The number of hydrogen-bond acceptors (Lipinski definition) is 2. The van der Waals surface area contributed by atoms with Gasteiger partial charge in [-0.3, -0.25) is 9.59 Å². The van der Waals surface area contributed by atoms with Crippen molar-refractivity contribution < 1.29 is 9.59 Å². The fraction of sp³-hybridized carbons (Fsp3) is 0.286. The second-order valence-electron chi connectivity index (χ2n) is 6.55. The van der Waals surface area contributed by atoms with E-state index in [1.165, 1.54) is 0 Å². The molecule has 1 saturated carbocycles. The average Bonchev–Trinajstić information content (AvgIpc) is 3.39. The van der Waals surface area contributed by atoms with Crippen molar-refractivity contribution in [2.75, 3.05) is 0 Å². The number of nitrogens with zero attached hydrogens (tertiary/aromatic N) is 1. The molecule has 3 rings (SSSR count). The second-order valence-corrected chi connectivity index (χ2v) is 6.55. The molecule has 0 aromatic heterocycles. The predicted octanol–water partition coefficient (Wildman–Crippen LogP) is 4.25. The predicted molar refractivity (Wildman–Crippen MR) is 93.0 cm³/mol. The van der Waals surface area contributed by atoms with Gasteiger partial charge < -0.3 is 0 Å². The van der Waals surface area contributed by atoms with Crippen LogP contribution in [-0.2, 0) is 22.4 Å². The van der Waals surface area contributed by atoms with Gasteiger partial charge in [0.1, 0.15) is 0 Å². The van der Waals surface area contributed by atoms with Crippen LogP contribution in [-0.4, -0.2) is 11.6 Å². The zero-order chi connectivity index (χ0) is 17.2. The number of carbonyl (C=O) groups excluding carboxylic acids is 2. The highest BCUT2D eigenvalue weighted by atomic mass is 16.2. The first-order valence-corrected chi connectivity index (χ1v) is 8.12. The van der Waals surface area contributed by atoms with Gasteiger partial charge in [-0.05, 0) is 30.9 Å². The molecule has 2 aromatic rings. The Bertz CT molecular complexity index is 806. The maximum absolute atomic E-state index is 12.7. The zero-order valence-corrected chi connectivity index (χ0v) is 13.7. The normalized spacial score (nSPS) is 14.7. The summed E-state index contributed by atoms with van der Waals surface area (Å²) in [7, 11) is 0. The Morgan fingerprint density at radius 2 is 1.38 bits per heavy atom. The van der Waals surface area contributed by atoms with E-state index in [0.717, 1.165) is 16.7 Å². The van der Waals surface area contributed by atoms with Gasteiger partial charge in [-0.1, -0.05) is 54.1 Å². The quantitative estimate of drug-likeness (QED) is 0.590. The number of ketones is 2. The summed E-state index contributed by atoms with van der Waals surface area (Å²) in [6.45, 7) is 8.97. The fourth-order valence-corrected chi connectivity index (χ4v) is 2.94. The third kappa shape index (κ3) is 3.28. The van der Waals surface area contributed by atoms with Gasteiger partial charge >= 0.3 is 0 Å². The summed E-state index contributed by atoms with van der Waals surface area (Å²) in [5.74, 6) is 0.0457. The number of benzene rings is 2. The molecule has 120 valence electrons. The third-order valence-electron chi connectivity index (χ3n) is 4.73. The van der Waals surface area contributed by atoms with Crippen molar-refractivity contribution >= 4 is 17.3 Å². The molecule has 0 unspecified atom stereocenters. The summed E-state index contributed by atoms with van der Waals surface area (Å²) >= 11 is 0. The summed E-state index contributed by atoms with van der Waals surface area (Å²) < 4.78 is 0. The van der Waals surface area contributed by atoms with Crippen LogP contribution >= 0.6 is 0 Å². The maximum atomic E-state index is 12.7.